The van der Waals surface area contributed by atoms with Crippen LogP contribution in [0.2, 0.25) is 0 Å². The molecule has 3 aromatic rings. The minimum atomic E-state index is -0.255. The smallest absolute Gasteiger partial charge is 0.282 e. The van der Waals surface area contributed by atoms with E-state index in [0.29, 0.717) is 49.1 Å². The largest absolute Gasteiger partial charge is 0.363 e. The molecule has 0 saturated carbocycles. The van der Waals surface area contributed by atoms with Gasteiger partial charge in [-0.2, -0.15) is 0 Å². The molecule has 0 N–H and O–H groups in total. The van der Waals surface area contributed by atoms with Gasteiger partial charge in [0.15, 0.2) is 0 Å². The highest BCUT2D eigenvalue weighted by Crippen LogP contribution is 2.38. The summed E-state index contributed by atoms with van der Waals surface area (Å²) < 4.78 is 0. The molecule has 5 rings (SSSR count). The lowest BCUT2D eigenvalue weighted by molar-refractivity contribution is -0.120. The van der Waals surface area contributed by atoms with Crippen LogP contribution in [0.1, 0.15) is 16.0 Å². The molecule has 2 amide bonds. The van der Waals surface area contributed by atoms with Crippen LogP contribution >= 0.6 is 11.3 Å². The number of carbonyl (C=O) groups excluding carboxylic acids is 2. The van der Waals surface area contributed by atoms with E-state index in [2.05, 4.69) is 14.9 Å². The van der Waals surface area contributed by atoms with Gasteiger partial charge < -0.3 is 9.80 Å². The molecule has 1 saturated heterocycles. The van der Waals surface area contributed by atoms with Crippen LogP contribution in [0.5, 0.6) is 0 Å². The molecule has 4 heterocycles. The van der Waals surface area contributed by atoms with Gasteiger partial charge >= 0.3 is 0 Å². The van der Waals surface area contributed by atoms with Gasteiger partial charge in [0.1, 0.15) is 5.70 Å². The quantitative estimate of drug-likeness (QED) is 0.574. The second-order valence-electron chi connectivity index (χ2n) is 7.89. The van der Waals surface area contributed by atoms with Gasteiger partial charge in [-0.05, 0) is 48.6 Å². The van der Waals surface area contributed by atoms with Crippen molar-refractivity contribution < 1.29 is 9.59 Å². The molecule has 32 heavy (non-hydrogen) atoms. The van der Waals surface area contributed by atoms with Crippen LogP contribution in [0.4, 0.5) is 11.6 Å². The maximum atomic E-state index is 13.7. The van der Waals surface area contributed by atoms with Crippen molar-refractivity contribution in [3.63, 3.8) is 0 Å². The molecule has 2 aromatic heterocycles. The van der Waals surface area contributed by atoms with E-state index < -0.39 is 0 Å². The van der Waals surface area contributed by atoms with E-state index in [1.807, 2.05) is 54.5 Å². The van der Waals surface area contributed by atoms with Gasteiger partial charge in [0.25, 0.3) is 11.8 Å². The van der Waals surface area contributed by atoms with Crippen molar-refractivity contribution in [3.05, 3.63) is 75.9 Å². The number of piperazine rings is 1. The highest BCUT2D eigenvalue weighted by molar-refractivity contribution is 7.11. The third-order valence-corrected chi connectivity index (χ3v) is 6.96. The monoisotopic (exact) mass is 445 g/mol. The Morgan fingerprint density at radius 2 is 1.56 bits per heavy atom. The number of nitrogens with zero attached hydrogens (tertiary/aromatic N) is 5. The number of aromatic nitrogens is 2. The van der Waals surface area contributed by atoms with Crippen LogP contribution in [0, 0.1) is 13.8 Å². The van der Waals surface area contributed by atoms with E-state index >= 15 is 0 Å². The molecule has 1 fully saturated rings. The van der Waals surface area contributed by atoms with Crippen LogP contribution in [-0.4, -0.2) is 52.9 Å². The molecule has 2 aliphatic rings. The number of carbonyl (C=O) groups is 2. The zero-order valence-electron chi connectivity index (χ0n) is 18.0. The molecule has 0 atom stereocenters. The second kappa shape index (κ2) is 8.20. The van der Waals surface area contributed by atoms with E-state index in [1.165, 1.54) is 16.2 Å². The summed E-state index contributed by atoms with van der Waals surface area (Å²) in [6.45, 7) is 6.52. The topological polar surface area (TPSA) is 69.6 Å². The summed E-state index contributed by atoms with van der Waals surface area (Å²) in [7, 11) is 0. The second-order valence-corrected chi connectivity index (χ2v) is 8.84. The SMILES string of the molecule is Cc1cccc(N2C(=O)C(c3cccs3)=C(N3CCN(c4ncccn4)CC3)C2=O)c1C. The van der Waals surface area contributed by atoms with E-state index in [1.54, 1.807) is 18.5 Å². The third kappa shape index (κ3) is 3.36. The summed E-state index contributed by atoms with van der Waals surface area (Å²) in [5.74, 6) is 0.178. The highest BCUT2D eigenvalue weighted by atomic mass is 32.1. The van der Waals surface area contributed by atoms with Crippen molar-refractivity contribution in [2.24, 2.45) is 0 Å². The van der Waals surface area contributed by atoms with Crippen LogP contribution in [0.25, 0.3) is 5.57 Å². The lowest BCUT2D eigenvalue weighted by Crippen LogP contribution is -2.48. The molecular weight excluding hydrogens is 422 g/mol. The van der Waals surface area contributed by atoms with Crippen molar-refractivity contribution in [3.8, 4) is 0 Å². The predicted molar refractivity (Wildman–Crippen MR) is 125 cm³/mol. The van der Waals surface area contributed by atoms with Gasteiger partial charge in [-0.25, -0.2) is 14.9 Å². The fourth-order valence-electron chi connectivity index (χ4n) is 4.24. The predicted octanol–water partition coefficient (Wildman–Crippen LogP) is 3.26. The zero-order valence-corrected chi connectivity index (χ0v) is 18.8. The first kappa shape index (κ1) is 20.4. The highest BCUT2D eigenvalue weighted by Gasteiger charge is 2.44. The molecule has 7 nitrogen and oxygen atoms in total. The molecule has 0 unspecified atom stereocenters. The first-order valence-electron chi connectivity index (χ1n) is 10.6. The Balaban J connectivity index is 1.50. The van der Waals surface area contributed by atoms with Gasteiger partial charge in [-0.1, -0.05) is 18.2 Å². The lowest BCUT2D eigenvalue weighted by atomic mass is 10.1. The average molecular weight is 446 g/mol. The number of hydrogen-bond donors (Lipinski definition) is 0. The normalized spacial score (nSPS) is 17.0. The van der Waals surface area contributed by atoms with E-state index in [0.717, 1.165) is 16.0 Å². The number of rotatable bonds is 4. The summed E-state index contributed by atoms with van der Waals surface area (Å²) in [6.07, 6.45) is 3.46. The van der Waals surface area contributed by atoms with E-state index in [9.17, 15) is 9.59 Å². The van der Waals surface area contributed by atoms with Gasteiger partial charge in [0.05, 0.1) is 11.3 Å². The van der Waals surface area contributed by atoms with Gasteiger partial charge in [0.2, 0.25) is 5.95 Å². The molecule has 2 aliphatic heterocycles. The zero-order chi connectivity index (χ0) is 22.2. The molecule has 8 heteroatoms. The third-order valence-electron chi connectivity index (χ3n) is 6.07. The van der Waals surface area contributed by atoms with Crippen LogP contribution in [0.3, 0.4) is 0 Å². The van der Waals surface area contributed by atoms with Crippen LogP contribution in [-0.2, 0) is 9.59 Å². The molecule has 0 aliphatic carbocycles. The Hall–Kier alpha value is -3.52. The van der Waals surface area contributed by atoms with Gasteiger partial charge in [0, 0.05) is 43.4 Å². The average Bonchev–Trinajstić information content (AvgIpc) is 3.43. The Kier molecular flexibility index (Phi) is 5.22. The molecule has 0 spiro atoms. The first-order valence-corrected chi connectivity index (χ1v) is 11.4. The summed E-state index contributed by atoms with van der Waals surface area (Å²) in [4.78, 5) is 42.3. The molecular formula is C24H23N5O2S. The number of amides is 2. The Morgan fingerprint density at radius 3 is 2.25 bits per heavy atom. The number of benzene rings is 1. The van der Waals surface area contributed by atoms with Crippen molar-refractivity contribution >= 4 is 40.4 Å². The van der Waals surface area contributed by atoms with Crippen molar-refractivity contribution in [2.45, 2.75) is 13.8 Å². The fourth-order valence-corrected chi connectivity index (χ4v) is 5.00. The maximum Gasteiger partial charge on any atom is 0.282 e. The number of thiophene rings is 1. The van der Waals surface area contributed by atoms with Gasteiger partial charge in [-0.3, -0.25) is 9.59 Å². The lowest BCUT2D eigenvalue weighted by Gasteiger charge is -2.36. The number of anilines is 2. The molecule has 1 aromatic carbocycles. The molecule has 0 radical (unpaired) electrons. The van der Waals surface area contributed by atoms with E-state index in [-0.39, 0.29) is 11.8 Å². The summed E-state index contributed by atoms with van der Waals surface area (Å²) in [6, 6.07) is 11.3. The standard InChI is InChI=1S/C24H23N5O2S/c1-16-6-3-7-18(17(16)2)29-22(30)20(19-8-4-15-32-19)21(23(29)31)27-11-13-28(14-12-27)24-25-9-5-10-26-24/h3-10,15H,11-14H2,1-2H3. The van der Waals surface area contributed by atoms with Crippen LogP contribution in [0.15, 0.2) is 59.9 Å². The van der Waals surface area contributed by atoms with Crippen molar-refractivity contribution in [2.75, 3.05) is 36.0 Å². The Labute approximate surface area is 190 Å². The number of aryl methyl sites for hydroxylation is 1. The summed E-state index contributed by atoms with van der Waals surface area (Å²) in [5.41, 5.74) is 3.63. The number of hydrogen-bond acceptors (Lipinski definition) is 7. The Morgan fingerprint density at radius 1 is 0.844 bits per heavy atom. The minimum Gasteiger partial charge on any atom is -0.363 e. The van der Waals surface area contributed by atoms with Crippen LogP contribution < -0.4 is 9.80 Å². The summed E-state index contributed by atoms with van der Waals surface area (Å²) >= 11 is 1.48. The van der Waals surface area contributed by atoms with E-state index in [4.69, 9.17) is 0 Å². The molecule has 162 valence electrons. The van der Waals surface area contributed by atoms with Gasteiger partial charge in [-0.15, -0.1) is 11.3 Å². The van der Waals surface area contributed by atoms with Crippen molar-refractivity contribution in [1.29, 1.82) is 0 Å². The molecule has 0 bridgehead atoms. The summed E-state index contributed by atoms with van der Waals surface area (Å²) in [5, 5.41) is 1.93. The maximum absolute atomic E-state index is 13.7. The fraction of sp³-hybridized carbons (Fsp3) is 0.250. The minimum absolute atomic E-state index is 0.253. The van der Waals surface area contributed by atoms with Crippen molar-refractivity contribution in [1.82, 2.24) is 14.9 Å². The Bertz CT molecular complexity index is 1200. The first-order chi connectivity index (χ1) is 15.6. The number of imide groups is 1.